The van der Waals surface area contributed by atoms with Gasteiger partial charge in [-0.05, 0) is 56.0 Å². The van der Waals surface area contributed by atoms with E-state index in [0.29, 0.717) is 17.6 Å². The number of benzene rings is 3. The van der Waals surface area contributed by atoms with E-state index >= 15 is 0 Å². The number of β-lactam (4-membered cyclic amide) rings is 1. The summed E-state index contributed by atoms with van der Waals surface area (Å²) >= 11 is 1.77. The topological polar surface area (TPSA) is 58.6 Å². The Hall–Kier alpha value is -2.49. The second-order valence-electron chi connectivity index (χ2n) is 12.7. The number of hydrogen-bond donors (Lipinski definition) is 1. The summed E-state index contributed by atoms with van der Waals surface area (Å²) in [6.45, 7) is 12.7. The lowest BCUT2D eigenvalue weighted by Gasteiger charge is -2.52. The molecular weight excluding hydrogens is 580 g/mol. The van der Waals surface area contributed by atoms with Crippen LogP contribution in [0.2, 0.25) is 39.3 Å². The van der Waals surface area contributed by atoms with Gasteiger partial charge in [0.25, 0.3) is 0 Å². The quantitative estimate of drug-likeness (QED) is 0.200. The van der Waals surface area contributed by atoms with E-state index in [2.05, 4.69) is 116 Å². The van der Waals surface area contributed by atoms with Gasteiger partial charge in [0.05, 0.1) is 6.16 Å². The van der Waals surface area contributed by atoms with Gasteiger partial charge in [-0.15, -0.1) is 11.8 Å². The van der Waals surface area contributed by atoms with Crippen LogP contribution in [0.15, 0.2) is 102 Å². The van der Waals surface area contributed by atoms with E-state index in [4.69, 9.17) is 4.43 Å². The first-order chi connectivity index (χ1) is 19.4. The number of carbonyl (C=O) groups excluding carboxylic acids is 2. The molecule has 0 bridgehead atoms. The Balaban J connectivity index is 1.70. The van der Waals surface area contributed by atoms with E-state index in [1.165, 1.54) is 15.9 Å². The standard InChI is InChI=1S/C32H40N2O3PSSi2/c1-40(2,3)33-28-30(35)34-29(32(36)37-41(4,5)6)24(23-39-31(28)34)22-38(25-16-10-7-11-17-25,26-18-12-8-13-19-26)27-20-14-9-15-21-27/h7-21,28,31,33H,22-23H2,1-6H3/q+1. The first-order valence-corrected chi connectivity index (χ1v) is 24.1. The fraction of sp³-hybridized carbons (Fsp3) is 0.312. The third kappa shape index (κ3) is 6.18. The molecule has 0 saturated carbocycles. The van der Waals surface area contributed by atoms with Crippen molar-refractivity contribution >= 4 is 63.4 Å². The molecule has 3 aromatic rings. The Bertz CT molecular complexity index is 1340. The number of rotatable bonds is 9. The first-order valence-electron chi connectivity index (χ1n) is 14.1. The number of fused-ring (bicyclic) bond motifs is 1. The van der Waals surface area contributed by atoms with Crippen LogP contribution in [0.1, 0.15) is 0 Å². The first kappa shape index (κ1) is 30.0. The summed E-state index contributed by atoms with van der Waals surface area (Å²) in [5, 5.41) is 3.66. The Labute approximate surface area is 251 Å². The fourth-order valence-electron chi connectivity index (χ4n) is 5.64. The minimum atomic E-state index is -2.26. The van der Waals surface area contributed by atoms with E-state index in [1.807, 2.05) is 19.6 Å². The number of thioether (sulfide) groups is 1. The summed E-state index contributed by atoms with van der Waals surface area (Å²) in [5.74, 6) is 0.312. The molecule has 5 rings (SSSR count). The van der Waals surface area contributed by atoms with Gasteiger partial charge in [0.2, 0.25) is 14.2 Å². The Morgan fingerprint density at radius 3 is 1.73 bits per heavy atom. The van der Waals surface area contributed by atoms with Crippen LogP contribution in [-0.4, -0.2) is 56.7 Å². The normalized spacial score (nSPS) is 19.5. The van der Waals surface area contributed by atoms with Crippen molar-refractivity contribution in [1.82, 2.24) is 9.88 Å². The molecule has 0 aromatic heterocycles. The van der Waals surface area contributed by atoms with Gasteiger partial charge in [-0.3, -0.25) is 9.69 Å². The number of amides is 1. The molecule has 0 radical (unpaired) electrons. The lowest BCUT2D eigenvalue weighted by Crippen LogP contribution is -2.73. The van der Waals surface area contributed by atoms with Crippen LogP contribution in [0.5, 0.6) is 0 Å². The molecular formula is C32H40N2O3PSSi2+. The third-order valence-electron chi connectivity index (χ3n) is 7.25. The minimum absolute atomic E-state index is 0.0206. The Morgan fingerprint density at radius 1 is 0.854 bits per heavy atom. The molecule has 2 heterocycles. The van der Waals surface area contributed by atoms with Crippen molar-refractivity contribution in [1.29, 1.82) is 0 Å². The predicted molar refractivity (Wildman–Crippen MR) is 180 cm³/mol. The van der Waals surface area contributed by atoms with Crippen molar-refractivity contribution in [2.24, 2.45) is 0 Å². The number of nitrogens with zero attached hydrogens (tertiary/aromatic N) is 1. The maximum Gasteiger partial charge on any atom is 0.341 e. The zero-order chi connectivity index (χ0) is 29.4. The van der Waals surface area contributed by atoms with Crippen LogP contribution in [0.3, 0.4) is 0 Å². The summed E-state index contributed by atoms with van der Waals surface area (Å²) in [4.78, 5) is 33.1. The van der Waals surface area contributed by atoms with Crippen molar-refractivity contribution in [3.63, 3.8) is 0 Å². The highest BCUT2D eigenvalue weighted by Crippen LogP contribution is 2.58. The van der Waals surface area contributed by atoms with Gasteiger partial charge in [0.15, 0.2) is 0 Å². The highest BCUT2D eigenvalue weighted by molar-refractivity contribution is 8.00. The van der Waals surface area contributed by atoms with Crippen molar-refractivity contribution in [3.05, 3.63) is 102 Å². The van der Waals surface area contributed by atoms with Crippen molar-refractivity contribution in [2.75, 3.05) is 11.9 Å². The molecule has 9 heteroatoms. The van der Waals surface area contributed by atoms with Crippen LogP contribution in [0.4, 0.5) is 0 Å². The van der Waals surface area contributed by atoms with Gasteiger partial charge in [-0.25, -0.2) is 4.79 Å². The molecule has 41 heavy (non-hydrogen) atoms. The lowest BCUT2D eigenvalue weighted by molar-refractivity contribution is -0.147. The highest BCUT2D eigenvalue weighted by Gasteiger charge is 2.56. The molecule has 0 aliphatic carbocycles. The second-order valence-corrected chi connectivity index (χ2v) is 26.5. The third-order valence-corrected chi connectivity index (χ3v) is 15.0. The minimum Gasteiger partial charge on any atom is -0.515 e. The van der Waals surface area contributed by atoms with Gasteiger partial charge in [0, 0.05) is 11.3 Å². The van der Waals surface area contributed by atoms with Crippen LogP contribution < -0.4 is 20.9 Å². The van der Waals surface area contributed by atoms with Gasteiger partial charge < -0.3 is 9.41 Å². The molecule has 0 spiro atoms. The predicted octanol–water partition coefficient (Wildman–Crippen LogP) is 5.32. The SMILES string of the molecule is C[Si](C)(C)NC1C(=O)N2C(C(=O)O[Si](C)(C)C)=C(C[P+](c3ccccc3)(c3ccccc3)c3ccccc3)CSC12. The van der Waals surface area contributed by atoms with E-state index in [1.54, 1.807) is 16.7 Å². The van der Waals surface area contributed by atoms with Crippen molar-refractivity contribution < 1.29 is 14.0 Å². The average Bonchev–Trinajstić information content (AvgIpc) is 2.94. The van der Waals surface area contributed by atoms with E-state index in [9.17, 15) is 9.59 Å². The van der Waals surface area contributed by atoms with Gasteiger partial charge >= 0.3 is 5.97 Å². The summed E-state index contributed by atoms with van der Waals surface area (Å²) in [6.07, 6.45) is 0.663. The number of hydrogen-bond acceptors (Lipinski definition) is 5. The number of carbonyl (C=O) groups is 2. The molecule has 3 aromatic carbocycles. The molecule has 2 unspecified atom stereocenters. The van der Waals surface area contributed by atoms with Gasteiger partial charge in [-0.1, -0.05) is 74.2 Å². The molecule has 5 nitrogen and oxygen atoms in total. The zero-order valence-corrected chi connectivity index (χ0v) is 28.5. The summed E-state index contributed by atoms with van der Waals surface area (Å²) in [5.41, 5.74) is 1.47. The lowest BCUT2D eigenvalue weighted by atomic mass is 10.0. The molecule has 2 aliphatic heterocycles. The summed E-state index contributed by atoms with van der Waals surface area (Å²) in [7, 11) is -6.19. The molecule has 1 N–H and O–H groups in total. The Kier molecular flexibility index (Phi) is 8.52. The highest BCUT2D eigenvalue weighted by atomic mass is 32.2. The zero-order valence-electron chi connectivity index (χ0n) is 24.8. The van der Waals surface area contributed by atoms with E-state index < -0.39 is 23.8 Å². The monoisotopic (exact) mass is 619 g/mol. The number of nitrogens with one attached hydrogen (secondary N) is 1. The van der Waals surface area contributed by atoms with Crippen molar-refractivity contribution in [2.45, 2.75) is 50.7 Å². The van der Waals surface area contributed by atoms with Crippen LogP contribution in [-0.2, 0) is 14.0 Å². The largest absolute Gasteiger partial charge is 0.515 e. The maximum absolute atomic E-state index is 14.0. The van der Waals surface area contributed by atoms with Gasteiger partial charge in [0.1, 0.15) is 48.5 Å². The van der Waals surface area contributed by atoms with E-state index in [0.717, 1.165) is 5.57 Å². The molecule has 2 aliphatic rings. The smallest absolute Gasteiger partial charge is 0.341 e. The fourth-order valence-corrected chi connectivity index (χ4v) is 13.4. The van der Waals surface area contributed by atoms with Crippen LogP contribution >= 0.6 is 19.0 Å². The van der Waals surface area contributed by atoms with Crippen LogP contribution in [0.25, 0.3) is 0 Å². The van der Waals surface area contributed by atoms with Crippen LogP contribution in [0, 0.1) is 0 Å². The summed E-state index contributed by atoms with van der Waals surface area (Å²) in [6, 6.07) is 31.8. The Morgan fingerprint density at radius 2 is 1.32 bits per heavy atom. The molecule has 1 saturated heterocycles. The molecule has 2 atom stereocenters. The molecule has 1 fully saturated rings. The maximum atomic E-state index is 14.0. The second kappa shape index (κ2) is 11.7. The van der Waals surface area contributed by atoms with Crippen molar-refractivity contribution in [3.8, 4) is 0 Å². The van der Waals surface area contributed by atoms with E-state index in [-0.39, 0.29) is 23.3 Å². The molecule has 1 amide bonds. The molecule has 214 valence electrons. The summed E-state index contributed by atoms with van der Waals surface area (Å²) < 4.78 is 6.12. The average molecular weight is 620 g/mol. The van der Waals surface area contributed by atoms with Gasteiger partial charge in [-0.2, -0.15) is 0 Å².